The van der Waals surface area contributed by atoms with Crippen molar-refractivity contribution in [3.8, 4) is 11.5 Å². The van der Waals surface area contributed by atoms with Gasteiger partial charge in [0.05, 0.1) is 25.4 Å². The van der Waals surface area contributed by atoms with Crippen LogP contribution in [0.5, 0.6) is 11.5 Å². The second-order valence-corrected chi connectivity index (χ2v) is 3.89. The van der Waals surface area contributed by atoms with Gasteiger partial charge in [-0.1, -0.05) is 0 Å². The highest BCUT2D eigenvalue weighted by Crippen LogP contribution is 2.32. The van der Waals surface area contributed by atoms with E-state index in [0.29, 0.717) is 24.7 Å². The summed E-state index contributed by atoms with van der Waals surface area (Å²) in [5, 5.41) is 9.02. The summed E-state index contributed by atoms with van der Waals surface area (Å²) in [4.78, 5) is 0. The Kier molecular flexibility index (Phi) is 3.94. The van der Waals surface area contributed by atoms with E-state index >= 15 is 0 Å². The lowest BCUT2D eigenvalue weighted by Gasteiger charge is -2.12. The van der Waals surface area contributed by atoms with Crippen LogP contribution in [0.2, 0.25) is 0 Å². The predicted molar refractivity (Wildman–Crippen MR) is 68.2 cm³/mol. The minimum absolute atomic E-state index is 0.482. The number of hydrogen-bond acceptors (Lipinski definition) is 5. The van der Waals surface area contributed by atoms with E-state index in [2.05, 4.69) is 10.2 Å². The molecule has 5 nitrogen and oxygen atoms in total. The van der Waals surface area contributed by atoms with Crippen LogP contribution in [0, 0.1) is 6.92 Å². The zero-order valence-electron chi connectivity index (χ0n) is 10.8. The second-order valence-electron chi connectivity index (χ2n) is 3.89. The Bertz CT molecular complexity index is 543. The monoisotopic (exact) mass is 248 g/mol. The Morgan fingerprint density at radius 1 is 1.11 bits per heavy atom. The minimum Gasteiger partial charge on any atom is -0.493 e. The first-order chi connectivity index (χ1) is 8.76. The minimum atomic E-state index is 0.482. The van der Waals surface area contributed by atoms with Crippen molar-refractivity contribution >= 4 is 10.9 Å². The quantitative estimate of drug-likeness (QED) is 0.757. The van der Waals surface area contributed by atoms with Gasteiger partial charge in [-0.15, -0.1) is 0 Å². The summed E-state index contributed by atoms with van der Waals surface area (Å²) >= 11 is 0. The molecule has 0 fully saturated rings. The van der Waals surface area contributed by atoms with Gasteiger partial charge in [-0.25, -0.2) is 0 Å². The molecule has 0 saturated heterocycles. The van der Waals surface area contributed by atoms with Gasteiger partial charge in [0, 0.05) is 18.6 Å². The molecule has 0 unspecified atom stereocenters. The van der Waals surface area contributed by atoms with Crippen LogP contribution in [0.25, 0.3) is 10.9 Å². The Labute approximate surface area is 106 Å². The Hall–Kier alpha value is -1.88. The molecule has 0 saturated carbocycles. The summed E-state index contributed by atoms with van der Waals surface area (Å²) in [6.45, 7) is 3.01. The highest BCUT2D eigenvalue weighted by molar-refractivity contribution is 5.84. The molecule has 5 heteroatoms. The topological polar surface area (TPSA) is 53.5 Å². The van der Waals surface area contributed by atoms with Crippen LogP contribution in [-0.4, -0.2) is 37.6 Å². The van der Waals surface area contributed by atoms with Crippen LogP contribution in [0.1, 0.15) is 5.56 Å². The van der Waals surface area contributed by atoms with E-state index in [1.165, 1.54) is 0 Å². The number of fused-ring (bicyclic) bond motifs is 1. The van der Waals surface area contributed by atoms with Crippen molar-refractivity contribution in [2.45, 2.75) is 6.92 Å². The normalized spacial score (nSPS) is 10.6. The van der Waals surface area contributed by atoms with Gasteiger partial charge >= 0.3 is 0 Å². The van der Waals surface area contributed by atoms with Crippen LogP contribution in [0.15, 0.2) is 18.3 Å². The summed E-state index contributed by atoms with van der Waals surface area (Å²) in [5.74, 6) is 1.34. The van der Waals surface area contributed by atoms with E-state index in [1.807, 2.05) is 19.1 Å². The molecule has 0 aliphatic heterocycles. The highest BCUT2D eigenvalue weighted by Gasteiger charge is 2.09. The number of rotatable bonds is 5. The third-order valence-electron chi connectivity index (χ3n) is 2.67. The average molecular weight is 248 g/mol. The maximum atomic E-state index is 5.63. The molecular weight excluding hydrogens is 232 g/mol. The summed E-state index contributed by atoms with van der Waals surface area (Å²) in [7, 11) is 3.24. The fourth-order valence-corrected chi connectivity index (χ4v) is 1.70. The molecule has 0 spiro atoms. The number of hydrogen-bond donors (Lipinski definition) is 0. The summed E-state index contributed by atoms with van der Waals surface area (Å²) in [5.41, 5.74) is 1.85. The van der Waals surface area contributed by atoms with E-state index in [0.717, 1.165) is 16.5 Å². The van der Waals surface area contributed by atoms with Gasteiger partial charge in [0.1, 0.15) is 6.61 Å². The molecule has 0 aliphatic rings. The fourth-order valence-electron chi connectivity index (χ4n) is 1.70. The van der Waals surface area contributed by atoms with Crippen molar-refractivity contribution in [3.63, 3.8) is 0 Å². The van der Waals surface area contributed by atoms with E-state index in [9.17, 15) is 0 Å². The molecule has 0 amide bonds. The molecule has 0 aliphatic carbocycles. The maximum absolute atomic E-state index is 5.63. The van der Waals surface area contributed by atoms with E-state index in [4.69, 9.17) is 14.2 Å². The number of aryl methyl sites for hydroxylation is 1. The van der Waals surface area contributed by atoms with Crippen LogP contribution in [0.3, 0.4) is 0 Å². The molecule has 1 aromatic heterocycles. The number of nitrogens with zero attached hydrogens (tertiary/aromatic N) is 2. The fraction of sp³-hybridized carbons (Fsp3) is 0.385. The van der Waals surface area contributed by atoms with Crippen molar-refractivity contribution in [2.75, 3.05) is 27.4 Å². The van der Waals surface area contributed by atoms with Gasteiger partial charge in [0.2, 0.25) is 0 Å². The largest absolute Gasteiger partial charge is 0.493 e. The van der Waals surface area contributed by atoms with Crippen molar-refractivity contribution in [1.82, 2.24) is 10.2 Å². The number of methoxy groups -OCH3 is 2. The second kappa shape index (κ2) is 5.64. The first kappa shape index (κ1) is 12.6. The Balaban J connectivity index is 2.40. The SMILES string of the molecule is COCCOc1cc2c(C)cnnc2cc1OC. The van der Waals surface area contributed by atoms with Gasteiger partial charge in [-0.3, -0.25) is 0 Å². The highest BCUT2D eigenvalue weighted by atomic mass is 16.5. The average Bonchev–Trinajstić information content (AvgIpc) is 2.39. The summed E-state index contributed by atoms with van der Waals surface area (Å²) < 4.78 is 15.9. The first-order valence-corrected chi connectivity index (χ1v) is 5.68. The molecule has 0 radical (unpaired) electrons. The number of ether oxygens (including phenoxy) is 3. The van der Waals surface area contributed by atoms with Gasteiger partial charge in [-0.2, -0.15) is 10.2 Å². The third kappa shape index (κ3) is 2.51. The molecule has 0 atom stereocenters. The summed E-state index contributed by atoms with van der Waals surface area (Å²) in [6.07, 6.45) is 1.73. The molecular formula is C13H16N2O3. The smallest absolute Gasteiger partial charge is 0.162 e. The molecule has 2 aromatic rings. The van der Waals surface area contributed by atoms with Crippen LogP contribution >= 0.6 is 0 Å². The lowest BCUT2D eigenvalue weighted by Crippen LogP contribution is -2.05. The third-order valence-corrected chi connectivity index (χ3v) is 2.67. The van der Waals surface area contributed by atoms with Crippen LogP contribution in [-0.2, 0) is 4.74 Å². The van der Waals surface area contributed by atoms with Crippen molar-refractivity contribution in [2.24, 2.45) is 0 Å². The Morgan fingerprint density at radius 2 is 1.94 bits per heavy atom. The van der Waals surface area contributed by atoms with Crippen molar-refractivity contribution in [1.29, 1.82) is 0 Å². The zero-order chi connectivity index (χ0) is 13.0. The molecule has 1 aromatic carbocycles. The van der Waals surface area contributed by atoms with Gasteiger partial charge in [0.25, 0.3) is 0 Å². The summed E-state index contributed by atoms with van der Waals surface area (Å²) in [6, 6.07) is 3.76. The molecule has 96 valence electrons. The lowest BCUT2D eigenvalue weighted by molar-refractivity contribution is 0.144. The zero-order valence-corrected chi connectivity index (χ0v) is 10.8. The molecule has 0 N–H and O–H groups in total. The van der Waals surface area contributed by atoms with E-state index < -0.39 is 0 Å². The standard InChI is InChI=1S/C13H16N2O3/c1-9-8-14-15-11-7-12(17-3)13(6-10(9)11)18-5-4-16-2/h6-8H,4-5H2,1-3H3. The molecule has 2 rings (SSSR count). The number of benzene rings is 1. The Morgan fingerprint density at radius 3 is 2.67 bits per heavy atom. The van der Waals surface area contributed by atoms with Gasteiger partial charge in [-0.05, 0) is 18.6 Å². The maximum Gasteiger partial charge on any atom is 0.162 e. The van der Waals surface area contributed by atoms with Crippen LogP contribution in [0.4, 0.5) is 0 Å². The molecule has 0 bridgehead atoms. The van der Waals surface area contributed by atoms with Crippen molar-refractivity contribution < 1.29 is 14.2 Å². The molecule has 18 heavy (non-hydrogen) atoms. The molecule has 1 heterocycles. The number of aromatic nitrogens is 2. The van der Waals surface area contributed by atoms with Gasteiger partial charge in [0.15, 0.2) is 11.5 Å². The van der Waals surface area contributed by atoms with Gasteiger partial charge < -0.3 is 14.2 Å². The van der Waals surface area contributed by atoms with Crippen LogP contribution < -0.4 is 9.47 Å². The first-order valence-electron chi connectivity index (χ1n) is 5.68. The van der Waals surface area contributed by atoms with Crippen molar-refractivity contribution in [3.05, 3.63) is 23.9 Å². The lowest BCUT2D eigenvalue weighted by atomic mass is 10.1. The predicted octanol–water partition coefficient (Wildman–Crippen LogP) is 1.97. The van der Waals surface area contributed by atoms with E-state index in [-0.39, 0.29) is 0 Å². The van der Waals surface area contributed by atoms with E-state index in [1.54, 1.807) is 20.4 Å².